The Hall–Kier alpha value is -1.18. The van der Waals surface area contributed by atoms with Gasteiger partial charge in [0.05, 0.1) is 12.3 Å². The minimum Gasteiger partial charge on any atom is -0.383 e. The molecule has 0 amide bonds. The first-order chi connectivity index (χ1) is 9.55. The zero-order chi connectivity index (χ0) is 15.0. The Morgan fingerprint density at radius 3 is 2.75 bits per heavy atom. The van der Waals surface area contributed by atoms with E-state index in [0.717, 1.165) is 6.42 Å². The molecule has 20 heavy (non-hydrogen) atoms. The molecule has 1 atom stereocenters. The van der Waals surface area contributed by atoms with Gasteiger partial charge in [0.15, 0.2) is 5.03 Å². The fourth-order valence-electron chi connectivity index (χ4n) is 1.71. The molecular formula is C13H23N3O3S. The van der Waals surface area contributed by atoms with Crippen LogP contribution in [-0.4, -0.2) is 39.7 Å². The molecule has 0 aliphatic carbocycles. The molecule has 0 fully saturated rings. The highest BCUT2D eigenvalue weighted by Gasteiger charge is 2.23. The molecule has 0 saturated carbocycles. The van der Waals surface area contributed by atoms with Gasteiger partial charge in [0.25, 0.3) is 10.0 Å². The van der Waals surface area contributed by atoms with Gasteiger partial charge >= 0.3 is 0 Å². The molecule has 1 rings (SSSR count). The van der Waals surface area contributed by atoms with E-state index in [1.165, 1.54) is 6.20 Å². The van der Waals surface area contributed by atoms with Gasteiger partial charge in [0, 0.05) is 25.9 Å². The summed E-state index contributed by atoms with van der Waals surface area (Å²) in [4.78, 5) is 4.00. The zero-order valence-electron chi connectivity index (χ0n) is 12.2. The maximum Gasteiger partial charge on any atom is 0.260 e. The van der Waals surface area contributed by atoms with E-state index in [2.05, 4.69) is 15.0 Å². The van der Waals surface area contributed by atoms with Gasteiger partial charge in [-0.2, -0.15) is 0 Å². The summed E-state index contributed by atoms with van der Waals surface area (Å²) in [5.41, 5.74) is 0.522. The molecule has 0 aliphatic rings. The third-order valence-electron chi connectivity index (χ3n) is 2.77. The van der Waals surface area contributed by atoms with Crippen molar-refractivity contribution in [3.63, 3.8) is 0 Å². The van der Waals surface area contributed by atoms with Crippen molar-refractivity contribution in [3.8, 4) is 0 Å². The lowest BCUT2D eigenvalue weighted by atomic mass is 10.3. The standard InChI is InChI=1S/C13H23N3O3S/c1-4-8-14-12-7-6-9-15-13(12)20(17,18)16-11(5-2)10-19-3/h6-7,9,11,14,16H,4-5,8,10H2,1-3H3. The first-order valence-electron chi connectivity index (χ1n) is 6.75. The Morgan fingerprint density at radius 2 is 2.15 bits per heavy atom. The van der Waals surface area contributed by atoms with Crippen LogP contribution < -0.4 is 10.0 Å². The quantitative estimate of drug-likeness (QED) is 0.724. The number of rotatable bonds is 9. The van der Waals surface area contributed by atoms with Crippen LogP contribution in [0.4, 0.5) is 5.69 Å². The van der Waals surface area contributed by atoms with Crippen molar-refractivity contribution in [3.05, 3.63) is 18.3 Å². The van der Waals surface area contributed by atoms with Crippen molar-refractivity contribution in [2.75, 3.05) is 25.6 Å². The summed E-state index contributed by atoms with van der Waals surface area (Å²) < 4.78 is 32.4. The Kier molecular flexibility index (Phi) is 6.90. The van der Waals surface area contributed by atoms with E-state index < -0.39 is 10.0 Å². The van der Waals surface area contributed by atoms with Gasteiger partial charge in [-0.15, -0.1) is 0 Å². The summed E-state index contributed by atoms with van der Waals surface area (Å²) in [6, 6.07) is 3.17. The molecule has 6 nitrogen and oxygen atoms in total. The minimum absolute atomic E-state index is 0.0306. The first kappa shape index (κ1) is 16.9. The van der Waals surface area contributed by atoms with Crippen LogP contribution in [0.15, 0.2) is 23.4 Å². The van der Waals surface area contributed by atoms with E-state index in [1.807, 2.05) is 13.8 Å². The van der Waals surface area contributed by atoms with Gasteiger partial charge in [0.2, 0.25) is 0 Å². The number of methoxy groups -OCH3 is 1. The van der Waals surface area contributed by atoms with Crippen LogP contribution >= 0.6 is 0 Å². The molecule has 1 aromatic heterocycles. The van der Waals surface area contributed by atoms with Crippen molar-refractivity contribution >= 4 is 15.7 Å². The number of hydrogen-bond acceptors (Lipinski definition) is 5. The second-order valence-electron chi connectivity index (χ2n) is 4.46. The number of pyridine rings is 1. The lowest BCUT2D eigenvalue weighted by Gasteiger charge is -2.17. The van der Waals surface area contributed by atoms with Crippen molar-refractivity contribution in [1.29, 1.82) is 0 Å². The van der Waals surface area contributed by atoms with Crippen molar-refractivity contribution < 1.29 is 13.2 Å². The van der Waals surface area contributed by atoms with Crippen LogP contribution in [0, 0.1) is 0 Å². The van der Waals surface area contributed by atoms with Crippen LogP contribution in [0.1, 0.15) is 26.7 Å². The molecule has 0 bridgehead atoms. The summed E-state index contributed by atoms with van der Waals surface area (Å²) in [6.07, 6.45) is 3.03. The Balaban J connectivity index is 2.96. The number of hydrogen-bond donors (Lipinski definition) is 2. The molecule has 0 aromatic carbocycles. The van der Waals surface area contributed by atoms with Crippen LogP contribution in [0.5, 0.6) is 0 Å². The number of aromatic nitrogens is 1. The summed E-state index contributed by atoms with van der Waals surface area (Å²) >= 11 is 0. The van der Waals surface area contributed by atoms with E-state index in [0.29, 0.717) is 25.3 Å². The van der Waals surface area contributed by atoms with Crippen molar-refractivity contribution in [1.82, 2.24) is 9.71 Å². The molecular weight excluding hydrogens is 278 g/mol. The highest BCUT2D eigenvalue weighted by Crippen LogP contribution is 2.18. The maximum atomic E-state index is 12.4. The highest BCUT2D eigenvalue weighted by atomic mass is 32.2. The molecule has 1 unspecified atom stereocenters. The number of nitrogens with zero attached hydrogens (tertiary/aromatic N) is 1. The molecule has 7 heteroatoms. The average Bonchev–Trinajstić information content (AvgIpc) is 2.44. The molecule has 2 N–H and O–H groups in total. The van der Waals surface area contributed by atoms with Crippen LogP contribution in [0.2, 0.25) is 0 Å². The van der Waals surface area contributed by atoms with Gasteiger partial charge in [-0.3, -0.25) is 0 Å². The Morgan fingerprint density at radius 1 is 1.40 bits per heavy atom. The highest BCUT2D eigenvalue weighted by molar-refractivity contribution is 7.89. The second-order valence-corrected chi connectivity index (χ2v) is 6.09. The average molecular weight is 301 g/mol. The van der Waals surface area contributed by atoms with Crippen LogP contribution in [0.25, 0.3) is 0 Å². The smallest absolute Gasteiger partial charge is 0.260 e. The fraction of sp³-hybridized carbons (Fsp3) is 0.615. The lowest BCUT2D eigenvalue weighted by Crippen LogP contribution is -2.38. The Bertz CT molecular complexity index is 505. The third kappa shape index (κ3) is 4.73. The maximum absolute atomic E-state index is 12.4. The minimum atomic E-state index is -3.66. The van der Waals surface area contributed by atoms with E-state index in [9.17, 15) is 8.42 Å². The van der Waals surface area contributed by atoms with Crippen molar-refractivity contribution in [2.45, 2.75) is 37.8 Å². The second kappa shape index (κ2) is 8.18. The first-order valence-corrected chi connectivity index (χ1v) is 8.23. The van der Waals surface area contributed by atoms with Crippen molar-refractivity contribution in [2.24, 2.45) is 0 Å². The van der Waals surface area contributed by atoms with Crippen LogP contribution in [-0.2, 0) is 14.8 Å². The normalized spacial score (nSPS) is 13.2. The molecule has 0 radical (unpaired) electrons. The number of sulfonamides is 1. The van der Waals surface area contributed by atoms with Gasteiger partial charge in [0.1, 0.15) is 0 Å². The lowest BCUT2D eigenvalue weighted by molar-refractivity contribution is 0.173. The predicted molar refractivity (Wildman–Crippen MR) is 79.3 cm³/mol. The van der Waals surface area contributed by atoms with Gasteiger partial charge in [-0.1, -0.05) is 13.8 Å². The number of nitrogens with one attached hydrogen (secondary N) is 2. The van der Waals surface area contributed by atoms with E-state index in [1.54, 1.807) is 19.2 Å². The van der Waals surface area contributed by atoms with Gasteiger partial charge in [-0.05, 0) is 25.0 Å². The largest absolute Gasteiger partial charge is 0.383 e. The summed E-state index contributed by atoms with van der Waals surface area (Å²) in [5.74, 6) is 0. The Labute approximate surface area is 121 Å². The van der Waals surface area contributed by atoms with E-state index in [-0.39, 0.29) is 11.1 Å². The molecule has 1 aromatic rings. The fourth-order valence-corrected chi connectivity index (χ4v) is 3.13. The monoisotopic (exact) mass is 301 g/mol. The number of ether oxygens (including phenoxy) is 1. The molecule has 0 aliphatic heterocycles. The molecule has 114 valence electrons. The van der Waals surface area contributed by atoms with Crippen LogP contribution in [0.3, 0.4) is 0 Å². The van der Waals surface area contributed by atoms with Gasteiger partial charge < -0.3 is 10.1 Å². The molecule has 0 saturated heterocycles. The summed E-state index contributed by atoms with van der Waals surface area (Å²) in [6.45, 7) is 4.95. The topological polar surface area (TPSA) is 80.3 Å². The SMILES string of the molecule is CCCNc1cccnc1S(=O)(=O)NC(CC)COC. The molecule has 0 spiro atoms. The third-order valence-corrected chi connectivity index (χ3v) is 4.25. The number of anilines is 1. The summed E-state index contributed by atoms with van der Waals surface area (Å²) in [5, 5.41) is 3.11. The predicted octanol–water partition coefficient (Wildman–Crippen LogP) is 1.61. The van der Waals surface area contributed by atoms with E-state index in [4.69, 9.17) is 4.74 Å². The summed E-state index contributed by atoms with van der Waals surface area (Å²) in [7, 11) is -2.11. The van der Waals surface area contributed by atoms with Gasteiger partial charge in [-0.25, -0.2) is 18.1 Å². The zero-order valence-corrected chi connectivity index (χ0v) is 13.0. The molecule has 1 heterocycles. The van der Waals surface area contributed by atoms with E-state index >= 15 is 0 Å².